The number of ketones is 1. The predicted octanol–water partition coefficient (Wildman–Crippen LogP) is 6.78. The average molecular weight is 418 g/mol. The molecule has 2 N–H and O–H groups in total. The van der Waals surface area contributed by atoms with Crippen molar-refractivity contribution in [3.8, 4) is 17.2 Å². The molecule has 0 saturated carbocycles. The number of hydrogen-bond acceptors (Lipinski definition) is 6. The molecule has 0 unspecified atom stereocenters. The highest BCUT2D eigenvalue weighted by molar-refractivity contribution is 6.11. The van der Waals surface area contributed by atoms with Crippen molar-refractivity contribution < 1.29 is 19.7 Å². The summed E-state index contributed by atoms with van der Waals surface area (Å²) in [5.74, 6) is -0.125. The first kappa shape index (κ1) is 22.0. The third-order valence-corrected chi connectivity index (χ3v) is 4.97. The van der Waals surface area contributed by atoms with Crippen LogP contribution in [-0.2, 0) is 6.42 Å². The van der Waals surface area contributed by atoms with Crippen LogP contribution in [0.5, 0.6) is 17.2 Å². The number of fused-ring (bicyclic) bond motifs is 1. The Morgan fingerprint density at radius 1 is 0.968 bits per heavy atom. The normalized spacial score (nSPS) is 11.1. The van der Waals surface area contributed by atoms with E-state index >= 15 is 0 Å². The smallest absolute Gasteiger partial charge is 0.165 e. The number of ether oxygens (including phenoxy) is 1. The molecule has 6 heteroatoms. The first-order valence-electron chi connectivity index (χ1n) is 10.0. The van der Waals surface area contributed by atoms with E-state index in [1.807, 2.05) is 26.0 Å². The van der Waals surface area contributed by atoms with Crippen LogP contribution in [0.3, 0.4) is 0 Å². The van der Waals surface area contributed by atoms with Crippen molar-refractivity contribution >= 4 is 27.9 Å². The van der Waals surface area contributed by atoms with Gasteiger partial charge in [0.05, 0.1) is 18.4 Å². The first-order valence-corrected chi connectivity index (χ1v) is 10.0. The molecular formula is C25H26N2O4. The van der Waals surface area contributed by atoms with Crippen molar-refractivity contribution in [2.24, 2.45) is 10.2 Å². The highest BCUT2D eigenvalue weighted by atomic mass is 16.5. The van der Waals surface area contributed by atoms with Crippen molar-refractivity contribution in [1.82, 2.24) is 0 Å². The molecule has 0 heterocycles. The number of Topliss-reactive ketones (excluding diaryl/α,β-unsaturated/α-hetero) is 1. The molecule has 0 spiro atoms. The van der Waals surface area contributed by atoms with E-state index in [1.165, 1.54) is 12.5 Å². The summed E-state index contributed by atoms with van der Waals surface area (Å²) in [4.78, 5) is 12.3. The van der Waals surface area contributed by atoms with E-state index in [1.54, 1.807) is 37.4 Å². The molecule has 6 nitrogen and oxygen atoms in total. The lowest BCUT2D eigenvalue weighted by Gasteiger charge is -2.13. The van der Waals surface area contributed by atoms with E-state index < -0.39 is 5.78 Å². The second-order valence-electron chi connectivity index (χ2n) is 7.58. The molecule has 0 aromatic heterocycles. The van der Waals surface area contributed by atoms with E-state index in [-0.39, 0.29) is 22.7 Å². The summed E-state index contributed by atoms with van der Waals surface area (Å²) < 4.78 is 5.12. The Bertz CT molecular complexity index is 1170. The van der Waals surface area contributed by atoms with Crippen LogP contribution in [-0.4, -0.2) is 23.1 Å². The summed E-state index contributed by atoms with van der Waals surface area (Å²) in [6, 6.07) is 12.3. The SMILES string of the molecule is COc1ccc(N=Nc2c(C(C)=O)c(O)c3ccc(CCC=C(C)C)cc3c2O)cc1. The fraction of sp³-hybridized carbons (Fsp3) is 0.240. The van der Waals surface area contributed by atoms with Crippen molar-refractivity contribution in [3.05, 3.63) is 65.2 Å². The van der Waals surface area contributed by atoms with Crippen molar-refractivity contribution in [3.63, 3.8) is 0 Å². The van der Waals surface area contributed by atoms with Crippen LogP contribution in [0.2, 0.25) is 0 Å². The number of phenolic OH excluding ortho intramolecular Hbond substituents is 2. The van der Waals surface area contributed by atoms with Crippen LogP contribution in [0.4, 0.5) is 11.4 Å². The van der Waals surface area contributed by atoms with Crippen LogP contribution in [0.15, 0.2) is 64.3 Å². The Morgan fingerprint density at radius 3 is 2.29 bits per heavy atom. The van der Waals surface area contributed by atoms with Gasteiger partial charge in [0.2, 0.25) is 0 Å². The van der Waals surface area contributed by atoms with Gasteiger partial charge in [0.25, 0.3) is 0 Å². The van der Waals surface area contributed by atoms with Gasteiger partial charge in [0.1, 0.15) is 17.2 Å². The van der Waals surface area contributed by atoms with Gasteiger partial charge in [-0.05, 0) is 69.5 Å². The number of azo groups is 1. The first-order chi connectivity index (χ1) is 14.8. The number of phenols is 2. The van der Waals surface area contributed by atoms with E-state index in [0.29, 0.717) is 22.2 Å². The number of carbonyl (C=O) groups is 1. The molecule has 3 aromatic carbocycles. The topological polar surface area (TPSA) is 91.5 Å². The summed E-state index contributed by atoms with van der Waals surface area (Å²) in [5, 5.41) is 30.8. The van der Waals surface area contributed by atoms with Crippen LogP contribution in [0.25, 0.3) is 10.8 Å². The molecule has 31 heavy (non-hydrogen) atoms. The van der Waals surface area contributed by atoms with E-state index in [2.05, 4.69) is 16.3 Å². The minimum absolute atomic E-state index is 0.0465. The Balaban J connectivity index is 2.09. The Labute approximate surface area is 181 Å². The van der Waals surface area contributed by atoms with Crippen LogP contribution in [0.1, 0.15) is 43.1 Å². The molecule has 3 rings (SSSR count). The van der Waals surface area contributed by atoms with E-state index in [4.69, 9.17) is 4.74 Å². The van der Waals surface area contributed by atoms with E-state index in [0.717, 1.165) is 18.4 Å². The minimum Gasteiger partial charge on any atom is -0.506 e. The summed E-state index contributed by atoms with van der Waals surface area (Å²) in [5.41, 5.74) is 2.67. The fourth-order valence-electron chi connectivity index (χ4n) is 3.36. The van der Waals surface area contributed by atoms with Gasteiger partial charge in [-0.1, -0.05) is 23.8 Å². The predicted molar refractivity (Wildman–Crippen MR) is 122 cm³/mol. The van der Waals surface area contributed by atoms with E-state index in [9.17, 15) is 15.0 Å². The monoisotopic (exact) mass is 418 g/mol. The summed E-state index contributed by atoms with van der Waals surface area (Å²) in [6.45, 7) is 5.42. The zero-order valence-corrected chi connectivity index (χ0v) is 18.1. The number of aryl methyl sites for hydroxylation is 1. The number of hydrogen-bond donors (Lipinski definition) is 2. The molecular weight excluding hydrogens is 392 g/mol. The lowest BCUT2D eigenvalue weighted by Crippen LogP contribution is -1.96. The fourth-order valence-corrected chi connectivity index (χ4v) is 3.36. The molecule has 0 aliphatic heterocycles. The van der Waals surface area contributed by atoms with Crippen LogP contribution < -0.4 is 4.74 Å². The molecule has 160 valence electrons. The molecule has 0 aliphatic rings. The van der Waals surface area contributed by atoms with Crippen LogP contribution >= 0.6 is 0 Å². The quantitative estimate of drug-likeness (QED) is 0.191. The highest BCUT2D eigenvalue weighted by Gasteiger charge is 2.22. The molecule has 0 saturated heterocycles. The molecule has 0 aliphatic carbocycles. The summed E-state index contributed by atoms with van der Waals surface area (Å²) in [6.07, 6.45) is 3.81. The summed E-state index contributed by atoms with van der Waals surface area (Å²) >= 11 is 0. The third-order valence-electron chi connectivity index (χ3n) is 4.97. The Morgan fingerprint density at radius 2 is 1.68 bits per heavy atom. The van der Waals surface area contributed by atoms with Gasteiger partial charge in [0.15, 0.2) is 11.5 Å². The zero-order chi connectivity index (χ0) is 22.5. The van der Waals surface area contributed by atoms with Gasteiger partial charge >= 0.3 is 0 Å². The lowest BCUT2D eigenvalue weighted by molar-refractivity contribution is 0.101. The standard InChI is InChI=1S/C25H26N2O4/c1-15(2)6-5-7-17-8-13-20-21(14-17)25(30)23(22(16(3)28)24(20)29)27-26-18-9-11-19(31-4)12-10-18/h6,8-14,29-30H,5,7H2,1-4H3. The number of allylic oxidation sites excluding steroid dienone is 2. The maximum Gasteiger partial charge on any atom is 0.165 e. The lowest BCUT2D eigenvalue weighted by atomic mass is 9.97. The minimum atomic E-state index is -0.411. The van der Waals surface area contributed by atoms with Crippen molar-refractivity contribution in [1.29, 1.82) is 0 Å². The second kappa shape index (κ2) is 9.43. The second-order valence-corrected chi connectivity index (χ2v) is 7.58. The highest BCUT2D eigenvalue weighted by Crippen LogP contribution is 2.45. The average Bonchev–Trinajstić information content (AvgIpc) is 2.75. The molecule has 3 aromatic rings. The zero-order valence-electron chi connectivity index (χ0n) is 18.1. The van der Waals surface area contributed by atoms with Gasteiger partial charge in [-0.2, -0.15) is 5.11 Å². The van der Waals surface area contributed by atoms with Gasteiger partial charge in [-0.3, -0.25) is 4.79 Å². The van der Waals surface area contributed by atoms with Crippen LogP contribution in [0, 0.1) is 0 Å². The Hall–Kier alpha value is -3.67. The van der Waals surface area contributed by atoms with Crippen molar-refractivity contribution in [2.45, 2.75) is 33.6 Å². The number of methoxy groups -OCH3 is 1. The number of carbonyl (C=O) groups excluding carboxylic acids is 1. The number of rotatable bonds is 7. The van der Waals surface area contributed by atoms with Gasteiger partial charge in [0, 0.05) is 10.8 Å². The molecule has 0 bridgehead atoms. The van der Waals surface area contributed by atoms with Gasteiger partial charge in [-0.15, -0.1) is 5.11 Å². The largest absolute Gasteiger partial charge is 0.506 e. The van der Waals surface area contributed by atoms with Gasteiger partial charge in [-0.25, -0.2) is 0 Å². The maximum atomic E-state index is 12.3. The van der Waals surface area contributed by atoms with Gasteiger partial charge < -0.3 is 14.9 Å². The number of benzene rings is 3. The summed E-state index contributed by atoms with van der Waals surface area (Å²) in [7, 11) is 1.57. The molecule has 0 radical (unpaired) electrons. The van der Waals surface area contributed by atoms with Crippen molar-refractivity contribution in [2.75, 3.05) is 7.11 Å². The number of aromatic hydroxyl groups is 2. The maximum absolute atomic E-state index is 12.3. The Kier molecular flexibility index (Phi) is 6.70. The molecule has 0 amide bonds. The third kappa shape index (κ3) is 4.91. The number of nitrogens with zero attached hydrogens (tertiary/aromatic N) is 2. The molecule has 0 atom stereocenters. The molecule has 0 fully saturated rings.